The van der Waals surface area contributed by atoms with Gasteiger partial charge in [0, 0.05) is 29.1 Å². The van der Waals surface area contributed by atoms with Crippen LogP contribution in [0.15, 0.2) is 59.5 Å². The van der Waals surface area contributed by atoms with Gasteiger partial charge in [-0.2, -0.15) is 0 Å². The number of fused-ring (bicyclic) bond motifs is 1. The lowest BCUT2D eigenvalue weighted by molar-refractivity contribution is 0.0859. The van der Waals surface area contributed by atoms with Gasteiger partial charge in [-0.15, -0.1) is 11.8 Å². The molecule has 6 heteroatoms. The molecule has 28 heavy (non-hydrogen) atoms. The van der Waals surface area contributed by atoms with Crippen molar-refractivity contribution < 1.29 is 9.53 Å². The summed E-state index contributed by atoms with van der Waals surface area (Å²) in [6.45, 7) is 1.32. The summed E-state index contributed by atoms with van der Waals surface area (Å²) in [7, 11) is 0. The van der Waals surface area contributed by atoms with E-state index in [1.807, 2.05) is 48.7 Å². The number of para-hydroxylation sites is 1. The summed E-state index contributed by atoms with van der Waals surface area (Å²) in [5.74, 6) is 0.550. The van der Waals surface area contributed by atoms with Gasteiger partial charge >= 0.3 is 0 Å². The Labute approximate surface area is 168 Å². The maximum atomic E-state index is 12.9. The molecule has 2 N–H and O–H groups in total. The number of anilines is 2. The molecule has 1 saturated heterocycles. The minimum Gasteiger partial charge on any atom is -0.376 e. The van der Waals surface area contributed by atoms with E-state index in [9.17, 15) is 4.79 Å². The molecule has 0 radical (unpaired) electrons. The number of carbonyl (C=O) groups is 1. The van der Waals surface area contributed by atoms with Crippen molar-refractivity contribution in [2.75, 3.05) is 24.7 Å². The Morgan fingerprint density at radius 1 is 1.21 bits per heavy atom. The highest BCUT2D eigenvalue weighted by atomic mass is 32.2. The Hall–Kier alpha value is -2.57. The molecule has 0 saturated carbocycles. The third-order valence-electron chi connectivity index (χ3n) is 4.82. The van der Waals surface area contributed by atoms with Crippen molar-refractivity contribution in [1.29, 1.82) is 0 Å². The van der Waals surface area contributed by atoms with Crippen molar-refractivity contribution in [3.63, 3.8) is 0 Å². The largest absolute Gasteiger partial charge is 0.376 e. The van der Waals surface area contributed by atoms with E-state index in [-0.39, 0.29) is 12.0 Å². The molecule has 1 aliphatic rings. The van der Waals surface area contributed by atoms with E-state index in [1.54, 1.807) is 11.8 Å². The van der Waals surface area contributed by atoms with Crippen LogP contribution in [-0.2, 0) is 4.74 Å². The number of nitrogens with zero attached hydrogens (tertiary/aromatic N) is 1. The predicted molar refractivity (Wildman–Crippen MR) is 115 cm³/mol. The van der Waals surface area contributed by atoms with Crippen LogP contribution in [0.25, 0.3) is 10.9 Å². The molecule has 2 aromatic carbocycles. The Bertz CT molecular complexity index is 986. The molecule has 2 heterocycles. The van der Waals surface area contributed by atoms with E-state index in [0.29, 0.717) is 17.9 Å². The fourth-order valence-corrected chi connectivity index (χ4v) is 3.84. The molecule has 0 aliphatic carbocycles. The molecule has 1 aromatic heterocycles. The van der Waals surface area contributed by atoms with Gasteiger partial charge in [0.15, 0.2) is 0 Å². The van der Waals surface area contributed by atoms with E-state index in [1.165, 1.54) is 4.90 Å². The van der Waals surface area contributed by atoms with E-state index in [0.717, 1.165) is 36.0 Å². The number of thioether (sulfide) groups is 1. The number of hydrogen-bond acceptors (Lipinski definition) is 5. The Morgan fingerprint density at radius 3 is 2.93 bits per heavy atom. The second-order valence-corrected chi connectivity index (χ2v) is 7.65. The van der Waals surface area contributed by atoms with Crippen LogP contribution in [0.5, 0.6) is 0 Å². The van der Waals surface area contributed by atoms with Gasteiger partial charge in [-0.25, -0.2) is 4.98 Å². The summed E-state index contributed by atoms with van der Waals surface area (Å²) in [5, 5.41) is 7.20. The lowest BCUT2D eigenvalue weighted by Crippen LogP contribution is -2.32. The van der Waals surface area contributed by atoms with Crippen LogP contribution in [-0.4, -0.2) is 36.4 Å². The van der Waals surface area contributed by atoms with Gasteiger partial charge in [-0.3, -0.25) is 4.79 Å². The summed E-state index contributed by atoms with van der Waals surface area (Å²) < 4.78 is 5.61. The van der Waals surface area contributed by atoms with E-state index in [2.05, 4.69) is 27.8 Å². The van der Waals surface area contributed by atoms with Crippen LogP contribution in [0.2, 0.25) is 0 Å². The molecular weight excluding hydrogens is 370 g/mol. The number of amides is 1. The molecule has 0 bridgehead atoms. The first-order valence-electron chi connectivity index (χ1n) is 9.43. The highest BCUT2D eigenvalue weighted by Gasteiger charge is 2.18. The Balaban J connectivity index is 1.61. The summed E-state index contributed by atoms with van der Waals surface area (Å²) in [6.07, 6.45) is 4.21. The average molecular weight is 394 g/mol. The Kier molecular flexibility index (Phi) is 5.78. The number of pyridine rings is 1. The summed E-state index contributed by atoms with van der Waals surface area (Å²) >= 11 is 1.69. The molecule has 3 aromatic rings. The van der Waals surface area contributed by atoms with Gasteiger partial charge in [-0.1, -0.05) is 24.3 Å². The average Bonchev–Trinajstić information content (AvgIpc) is 3.25. The topological polar surface area (TPSA) is 63.2 Å². The number of aromatic nitrogens is 1. The van der Waals surface area contributed by atoms with Crippen molar-refractivity contribution >= 4 is 40.1 Å². The van der Waals surface area contributed by atoms with Crippen molar-refractivity contribution in [3.05, 3.63) is 60.2 Å². The fraction of sp³-hybridized carbons (Fsp3) is 0.273. The van der Waals surface area contributed by atoms with Gasteiger partial charge in [0.1, 0.15) is 5.82 Å². The zero-order valence-electron chi connectivity index (χ0n) is 15.8. The van der Waals surface area contributed by atoms with Crippen LogP contribution < -0.4 is 10.6 Å². The Morgan fingerprint density at radius 2 is 2.11 bits per heavy atom. The van der Waals surface area contributed by atoms with Crippen molar-refractivity contribution in [1.82, 2.24) is 10.3 Å². The predicted octanol–water partition coefficient (Wildman–Crippen LogP) is 4.61. The van der Waals surface area contributed by atoms with Gasteiger partial charge in [0.05, 0.1) is 17.2 Å². The third-order valence-corrected chi connectivity index (χ3v) is 5.54. The number of ether oxygens (including phenoxy) is 1. The van der Waals surface area contributed by atoms with E-state index < -0.39 is 0 Å². The number of hydrogen-bond donors (Lipinski definition) is 2. The molecule has 1 unspecified atom stereocenters. The van der Waals surface area contributed by atoms with Crippen molar-refractivity contribution in [2.45, 2.75) is 23.8 Å². The zero-order valence-corrected chi connectivity index (χ0v) is 16.6. The van der Waals surface area contributed by atoms with Gasteiger partial charge in [-0.05, 0) is 49.4 Å². The van der Waals surface area contributed by atoms with Crippen LogP contribution in [0.1, 0.15) is 23.2 Å². The molecule has 1 aliphatic heterocycles. The molecular formula is C22H23N3O2S. The number of benzene rings is 2. The first-order valence-corrected chi connectivity index (χ1v) is 10.7. The highest BCUT2D eigenvalue weighted by molar-refractivity contribution is 7.98. The molecule has 1 fully saturated rings. The lowest BCUT2D eigenvalue weighted by Gasteiger charge is -2.14. The van der Waals surface area contributed by atoms with Crippen LogP contribution in [0, 0.1) is 0 Å². The van der Waals surface area contributed by atoms with Crippen LogP contribution in [0.4, 0.5) is 11.5 Å². The first kappa shape index (κ1) is 18.8. The summed E-state index contributed by atoms with van der Waals surface area (Å²) in [5.41, 5.74) is 2.35. The van der Waals surface area contributed by atoms with Gasteiger partial charge < -0.3 is 15.4 Å². The second-order valence-electron chi connectivity index (χ2n) is 6.77. The molecule has 144 valence electrons. The van der Waals surface area contributed by atoms with Crippen LogP contribution in [0.3, 0.4) is 0 Å². The maximum Gasteiger partial charge on any atom is 0.252 e. The van der Waals surface area contributed by atoms with E-state index in [4.69, 9.17) is 4.74 Å². The van der Waals surface area contributed by atoms with Crippen molar-refractivity contribution in [3.8, 4) is 0 Å². The summed E-state index contributed by atoms with van der Waals surface area (Å²) in [4.78, 5) is 18.7. The fourth-order valence-electron chi connectivity index (χ4n) is 3.38. The minimum atomic E-state index is -0.102. The minimum absolute atomic E-state index is 0.102. The molecule has 1 amide bonds. The van der Waals surface area contributed by atoms with Crippen LogP contribution >= 0.6 is 11.8 Å². The lowest BCUT2D eigenvalue weighted by atomic mass is 10.1. The monoisotopic (exact) mass is 393 g/mol. The maximum absolute atomic E-state index is 12.9. The standard InChI is InChI=1S/C22H23N3O2S/c1-28-17-8-4-6-15(12-17)24-21-13-19(18-9-2-3-10-20(18)25-21)22(26)23-14-16-7-5-11-27-16/h2-4,6,8-10,12-13,16H,5,7,11,14H2,1H3,(H,23,26)(H,24,25). The second kappa shape index (κ2) is 8.63. The molecule has 0 spiro atoms. The third kappa shape index (κ3) is 4.29. The number of nitrogens with one attached hydrogen (secondary N) is 2. The highest BCUT2D eigenvalue weighted by Crippen LogP contribution is 2.25. The normalized spacial score (nSPS) is 16.2. The molecule has 4 rings (SSSR count). The van der Waals surface area contributed by atoms with Gasteiger partial charge in [0.2, 0.25) is 0 Å². The number of rotatable bonds is 6. The molecule has 1 atom stereocenters. The quantitative estimate of drug-likeness (QED) is 0.599. The first-order chi connectivity index (χ1) is 13.7. The number of carbonyl (C=O) groups excluding carboxylic acids is 1. The smallest absolute Gasteiger partial charge is 0.252 e. The summed E-state index contributed by atoms with van der Waals surface area (Å²) in [6, 6.07) is 17.7. The SMILES string of the molecule is CSc1cccc(Nc2cc(C(=O)NCC3CCCO3)c3ccccc3n2)c1. The zero-order chi connectivity index (χ0) is 19.3. The molecule has 5 nitrogen and oxygen atoms in total. The van der Waals surface area contributed by atoms with Crippen molar-refractivity contribution in [2.24, 2.45) is 0 Å². The van der Waals surface area contributed by atoms with Gasteiger partial charge in [0.25, 0.3) is 5.91 Å². The van der Waals surface area contributed by atoms with E-state index >= 15 is 0 Å².